The van der Waals surface area contributed by atoms with Crippen molar-refractivity contribution in [1.82, 2.24) is 9.78 Å². The molecule has 2 aromatic rings. The number of methoxy groups -OCH3 is 1. The summed E-state index contributed by atoms with van der Waals surface area (Å²) in [6.45, 7) is 0.660. The molecule has 1 heterocycles. The van der Waals surface area contributed by atoms with Crippen LogP contribution in [-0.2, 0) is 13.6 Å². The molecule has 0 saturated heterocycles. The van der Waals surface area contributed by atoms with Gasteiger partial charge in [-0.15, -0.1) is 0 Å². The number of anilines is 2. The van der Waals surface area contributed by atoms with Crippen LogP contribution in [0.3, 0.4) is 0 Å². The Hall–Kier alpha value is -2.17. The van der Waals surface area contributed by atoms with Gasteiger partial charge in [-0.3, -0.25) is 4.68 Å². The molecule has 0 radical (unpaired) electrons. The van der Waals surface area contributed by atoms with E-state index in [0.29, 0.717) is 12.2 Å². The summed E-state index contributed by atoms with van der Waals surface area (Å²) in [6.07, 6.45) is 1.91. The van der Waals surface area contributed by atoms with E-state index in [0.717, 1.165) is 17.1 Å². The molecule has 0 aliphatic rings. The van der Waals surface area contributed by atoms with Crippen molar-refractivity contribution in [2.45, 2.75) is 6.54 Å². The average molecular weight is 232 g/mol. The first-order valence-electron chi connectivity index (χ1n) is 5.34. The first kappa shape index (κ1) is 11.3. The van der Waals surface area contributed by atoms with E-state index in [1.807, 2.05) is 31.4 Å². The number of hydrogen-bond acceptors (Lipinski definition) is 4. The summed E-state index contributed by atoms with van der Waals surface area (Å²) in [4.78, 5) is 0. The fourth-order valence-corrected chi connectivity index (χ4v) is 1.59. The van der Waals surface area contributed by atoms with E-state index >= 15 is 0 Å². The molecule has 0 bridgehead atoms. The van der Waals surface area contributed by atoms with Gasteiger partial charge in [-0.1, -0.05) is 0 Å². The van der Waals surface area contributed by atoms with Crippen LogP contribution in [-0.4, -0.2) is 16.9 Å². The van der Waals surface area contributed by atoms with E-state index in [4.69, 9.17) is 10.5 Å². The zero-order valence-corrected chi connectivity index (χ0v) is 9.97. The summed E-state index contributed by atoms with van der Waals surface area (Å²) in [5.41, 5.74) is 8.35. The van der Waals surface area contributed by atoms with E-state index < -0.39 is 0 Å². The van der Waals surface area contributed by atoms with Gasteiger partial charge >= 0.3 is 0 Å². The van der Waals surface area contributed by atoms with E-state index in [1.165, 1.54) is 0 Å². The van der Waals surface area contributed by atoms with Crippen molar-refractivity contribution in [3.05, 3.63) is 36.2 Å². The standard InChI is InChI=1S/C12H16N4O/c1-16-4-3-10(15-16)8-14-11-5-9(13)6-12(7-11)17-2/h3-7,14H,8,13H2,1-2H3. The Morgan fingerprint density at radius 1 is 1.41 bits per heavy atom. The number of nitrogens with zero attached hydrogens (tertiary/aromatic N) is 2. The monoisotopic (exact) mass is 232 g/mol. The number of rotatable bonds is 4. The SMILES string of the molecule is COc1cc(N)cc(NCc2ccn(C)n2)c1. The molecular formula is C12H16N4O. The number of nitrogens with one attached hydrogen (secondary N) is 1. The minimum atomic E-state index is 0.660. The number of aryl methyl sites for hydroxylation is 1. The third-order valence-electron chi connectivity index (χ3n) is 2.41. The van der Waals surface area contributed by atoms with Crippen LogP contribution in [0, 0.1) is 0 Å². The highest BCUT2D eigenvalue weighted by Crippen LogP contribution is 2.22. The quantitative estimate of drug-likeness (QED) is 0.786. The minimum Gasteiger partial charge on any atom is -0.497 e. The normalized spacial score (nSPS) is 10.2. The zero-order valence-electron chi connectivity index (χ0n) is 9.97. The maximum atomic E-state index is 5.77. The van der Waals surface area contributed by atoms with Crippen molar-refractivity contribution in [2.24, 2.45) is 7.05 Å². The molecule has 3 N–H and O–H groups in total. The van der Waals surface area contributed by atoms with Gasteiger partial charge in [0.25, 0.3) is 0 Å². The van der Waals surface area contributed by atoms with Crippen LogP contribution < -0.4 is 15.8 Å². The van der Waals surface area contributed by atoms with Gasteiger partial charge in [0, 0.05) is 36.8 Å². The highest BCUT2D eigenvalue weighted by molar-refractivity contribution is 5.59. The smallest absolute Gasteiger partial charge is 0.122 e. The topological polar surface area (TPSA) is 65.1 Å². The Morgan fingerprint density at radius 3 is 2.88 bits per heavy atom. The highest BCUT2D eigenvalue weighted by Gasteiger charge is 2.00. The largest absolute Gasteiger partial charge is 0.497 e. The third kappa shape index (κ3) is 2.90. The average Bonchev–Trinajstić information content (AvgIpc) is 2.72. The maximum absolute atomic E-state index is 5.77. The van der Waals surface area contributed by atoms with Gasteiger partial charge in [0.05, 0.1) is 19.3 Å². The Balaban J connectivity index is 2.05. The third-order valence-corrected chi connectivity index (χ3v) is 2.41. The Kier molecular flexibility index (Phi) is 3.18. The first-order valence-corrected chi connectivity index (χ1v) is 5.34. The predicted octanol–water partition coefficient (Wildman–Crippen LogP) is 1.62. The molecule has 5 heteroatoms. The molecule has 0 fully saturated rings. The van der Waals surface area contributed by atoms with Gasteiger partial charge in [0.2, 0.25) is 0 Å². The van der Waals surface area contributed by atoms with Gasteiger partial charge in [-0.25, -0.2) is 0 Å². The fourth-order valence-electron chi connectivity index (χ4n) is 1.59. The van der Waals surface area contributed by atoms with Crippen LogP contribution in [0.4, 0.5) is 11.4 Å². The van der Waals surface area contributed by atoms with Crippen molar-refractivity contribution < 1.29 is 4.74 Å². The molecule has 0 amide bonds. The molecule has 0 atom stereocenters. The highest BCUT2D eigenvalue weighted by atomic mass is 16.5. The van der Waals surface area contributed by atoms with E-state index in [1.54, 1.807) is 17.9 Å². The fraction of sp³-hybridized carbons (Fsp3) is 0.250. The van der Waals surface area contributed by atoms with Gasteiger partial charge in [0.1, 0.15) is 5.75 Å². The van der Waals surface area contributed by atoms with Crippen molar-refractivity contribution in [2.75, 3.05) is 18.2 Å². The molecule has 2 rings (SSSR count). The summed E-state index contributed by atoms with van der Waals surface area (Å²) in [5, 5.41) is 7.54. The van der Waals surface area contributed by atoms with Crippen molar-refractivity contribution in [3.8, 4) is 5.75 Å². The molecule has 0 spiro atoms. The van der Waals surface area contributed by atoms with Crippen molar-refractivity contribution >= 4 is 11.4 Å². The second kappa shape index (κ2) is 4.78. The summed E-state index contributed by atoms with van der Waals surface area (Å²) in [6, 6.07) is 7.52. The number of hydrogen-bond donors (Lipinski definition) is 2. The van der Waals surface area contributed by atoms with Crippen molar-refractivity contribution in [3.63, 3.8) is 0 Å². The summed E-state index contributed by atoms with van der Waals surface area (Å²) in [5.74, 6) is 0.744. The van der Waals surface area contributed by atoms with Crippen molar-refractivity contribution in [1.29, 1.82) is 0 Å². The summed E-state index contributed by atoms with van der Waals surface area (Å²) < 4.78 is 6.93. The Morgan fingerprint density at radius 2 is 2.24 bits per heavy atom. The van der Waals surface area contributed by atoms with E-state index in [2.05, 4.69) is 10.4 Å². The summed E-state index contributed by atoms with van der Waals surface area (Å²) >= 11 is 0. The molecule has 17 heavy (non-hydrogen) atoms. The van der Waals surface area contributed by atoms with Crippen LogP contribution in [0.5, 0.6) is 5.75 Å². The lowest BCUT2D eigenvalue weighted by Crippen LogP contribution is -2.02. The molecular weight excluding hydrogens is 216 g/mol. The number of ether oxygens (including phenoxy) is 1. The molecule has 0 saturated carbocycles. The Labute approximate surface area is 100 Å². The molecule has 90 valence electrons. The molecule has 0 aliphatic heterocycles. The predicted molar refractivity (Wildman–Crippen MR) is 67.9 cm³/mol. The van der Waals surface area contributed by atoms with E-state index in [-0.39, 0.29) is 0 Å². The van der Waals surface area contributed by atoms with Crippen LogP contribution in [0.15, 0.2) is 30.5 Å². The number of benzene rings is 1. The second-order valence-corrected chi connectivity index (χ2v) is 3.83. The molecule has 0 unspecified atom stereocenters. The van der Waals surface area contributed by atoms with Crippen LogP contribution in [0.25, 0.3) is 0 Å². The lowest BCUT2D eigenvalue weighted by atomic mass is 10.2. The van der Waals surface area contributed by atoms with Crippen LogP contribution in [0.2, 0.25) is 0 Å². The lowest BCUT2D eigenvalue weighted by molar-refractivity contribution is 0.415. The summed E-state index contributed by atoms with van der Waals surface area (Å²) in [7, 11) is 3.52. The zero-order chi connectivity index (χ0) is 12.3. The molecule has 5 nitrogen and oxygen atoms in total. The lowest BCUT2D eigenvalue weighted by Gasteiger charge is -2.08. The molecule has 1 aromatic heterocycles. The Bertz CT molecular complexity index is 507. The minimum absolute atomic E-state index is 0.660. The van der Waals surface area contributed by atoms with Gasteiger partial charge in [0.15, 0.2) is 0 Å². The number of nitrogen functional groups attached to an aromatic ring is 1. The van der Waals surface area contributed by atoms with Gasteiger partial charge < -0.3 is 15.8 Å². The molecule has 1 aromatic carbocycles. The molecule has 0 aliphatic carbocycles. The van der Waals surface area contributed by atoms with E-state index in [9.17, 15) is 0 Å². The number of aromatic nitrogens is 2. The first-order chi connectivity index (χ1) is 8.17. The van der Waals surface area contributed by atoms with Gasteiger partial charge in [-0.2, -0.15) is 5.10 Å². The second-order valence-electron chi connectivity index (χ2n) is 3.83. The maximum Gasteiger partial charge on any atom is 0.122 e. The van der Waals surface area contributed by atoms with Gasteiger partial charge in [-0.05, 0) is 12.1 Å². The van der Waals surface area contributed by atoms with Crippen LogP contribution >= 0.6 is 0 Å². The number of nitrogens with two attached hydrogens (primary N) is 1. The van der Waals surface area contributed by atoms with Crippen LogP contribution in [0.1, 0.15) is 5.69 Å².